The molecule has 0 aliphatic heterocycles. The van der Waals surface area contributed by atoms with E-state index < -0.39 is 0 Å². The van der Waals surface area contributed by atoms with Crippen LogP contribution in [-0.2, 0) is 4.79 Å². The standard InChI is InChI=1S/C7H7Cl2NO/c1-3-6(9)7(5(2)8)10-4-11/h3-4H,1-2H2,(H,10,11)/b7-6-. The first-order valence-corrected chi connectivity index (χ1v) is 3.46. The molecule has 0 unspecified atom stereocenters. The summed E-state index contributed by atoms with van der Waals surface area (Å²) in [6, 6.07) is 0. The monoisotopic (exact) mass is 191 g/mol. The molecule has 0 saturated heterocycles. The van der Waals surface area contributed by atoms with E-state index in [1.807, 2.05) is 0 Å². The smallest absolute Gasteiger partial charge is 0.211 e. The van der Waals surface area contributed by atoms with Crippen molar-refractivity contribution in [3.05, 3.63) is 35.0 Å². The number of carbonyl (C=O) groups excluding carboxylic acids is 1. The molecule has 0 saturated carbocycles. The van der Waals surface area contributed by atoms with E-state index in [4.69, 9.17) is 23.2 Å². The minimum Gasteiger partial charge on any atom is -0.326 e. The summed E-state index contributed by atoms with van der Waals surface area (Å²) in [4.78, 5) is 10.0. The Balaban J connectivity index is 4.70. The highest BCUT2D eigenvalue weighted by Gasteiger charge is 2.02. The van der Waals surface area contributed by atoms with Gasteiger partial charge in [0.1, 0.15) is 0 Å². The molecule has 0 aliphatic rings. The fraction of sp³-hybridized carbons (Fsp3) is 0. The van der Waals surface area contributed by atoms with Crippen molar-refractivity contribution in [2.75, 3.05) is 0 Å². The normalized spacial score (nSPS) is 11.5. The Bertz CT molecular complexity index is 220. The maximum Gasteiger partial charge on any atom is 0.211 e. The second-order valence-electron chi connectivity index (χ2n) is 1.59. The first kappa shape index (κ1) is 10.3. The van der Waals surface area contributed by atoms with Crippen LogP contribution in [0.3, 0.4) is 0 Å². The molecule has 1 amide bonds. The predicted octanol–water partition coefficient (Wildman–Crippen LogP) is 2.12. The van der Waals surface area contributed by atoms with Gasteiger partial charge in [0.2, 0.25) is 6.41 Å². The van der Waals surface area contributed by atoms with Crippen molar-refractivity contribution >= 4 is 29.6 Å². The molecule has 0 aliphatic carbocycles. The molecule has 2 nitrogen and oxygen atoms in total. The molecule has 0 fully saturated rings. The van der Waals surface area contributed by atoms with E-state index in [0.29, 0.717) is 6.41 Å². The summed E-state index contributed by atoms with van der Waals surface area (Å²) in [5, 5.41) is 2.73. The van der Waals surface area contributed by atoms with E-state index in [2.05, 4.69) is 18.5 Å². The first-order valence-electron chi connectivity index (χ1n) is 2.70. The third-order valence-electron chi connectivity index (χ3n) is 0.893. The Labute approximate surface area is 75.2 Å². The molecule has 0 radical (unpaired) electrons. The predicted molar refractivity (Wildman–Crippen MR) is 47.3 cm³/mol. The molecule has 0 rings (SSSR count). The summed E-state index contributed by atoms with van der Waals surface area (Å²) in [5.41, 5.74) is 0.276. The van der Waals surface area contributed by atoms with Crippen LogP contribution in [0, 0.1) is 0 Å². The van der Waals surface area contributed by atoms with Crippen LogP contribution in [0.15, 0.2) is 35.0 Å². The zero-order valence-electron chi connectivity index (χ0n) is 5.73. The van der Waals surface area contributed by atoms with Gasteiger partial charge in [-0.15, -0.1) is 0 Å². The number of nitrogens with one attached hydrogen (secondary N) is 1. The molecule has 4 heteroatoms. The second kappa shape index (κ2) is 4.99. The molecule has 60 valence electrons. The van der Waals surface area contributed by atoms with Crippen molar-refractivity contribution in [2.24, 2.45) is 0 Å². The highest BCUT2D eigenvalue weighted by molar-refractivity contribution is 6.36. The summed E-state index contributed by atoms with van der Waals surface area (Å²) in [5.74, 6) is 0. The van der Waals surface area contributed by atoms with Gasteiger partial charge < -0.3 is 5.32 Å². The maximum absolute atomic E-state index is 10.0. The summed E-state index contributed by atoms with van der Waals surface area (Å²) in [7, 11) is 0. The lowest BCUT2D eigenvalue weighted by Gasteiger charge is -2.03. The van der Waals surface area contributed by atoms with Crippen LogP contribution in [-0.4, -0.2) is 6.41 Å². The van der Waals surface area contributed by atoms with Crippen LogP contribution in [0.2, 0.25) is 0 Å². The van der Waals surface area contributed by atoms with Gasteiger partial charge in [-0.25, -0.2) is 0 Å². The van der Waals surface area contributed by atoms with E-state index >= 15 is 0 Å². The molecule has 0 aromatic carbocycles. The Morgan fingerprint density at radius 2 is 2.00 bits per heavy atom. The van der Waals surface area contributed by atoms with Crippen LogP contribution in [0.25, 0.3) is 0 Å². The second-order valence-corrected chi connectivity index (χ2v) is 2.46. The molecule has 11 heavy (non-hydrogen) atoms. The lowest BCUT2D eigenvalue weighted by atomic mass is 10.4. The van der Waals surface area contributed by atoms with Crippen molar-refractivity contribution in [3.63, 3.8) is 0 Å². The van der Waals surface area contributed by atoms with Gasteiger partial charge in [-0.05, 0) is 6.08 Å². The Morgan fingerprint density at radius 1 is 1.45 bits per heavy atom. The van der Waals surface area contributed by atoms with E-state index in [1.54, 1.807) is 0 Å². The topological polar surface area (TPSA) is 29.1 Å². The van der Waals surface area contributed by atoms with Crippen LogP contribution in [0.1, 0.15) is 0 Å². The average Bonchev–Trinajstić information content (AvgIpc) is 1.98. The van der Waals surface area contributed by atoms with Crippen molar-refractivity contribution in [1.82, 2.24) is 5.32 Å². The molecule has 0 aromatic rings. The van der Waals surface area contributed by atoms with Crippen molar-refractivity contribution < 1.29 is 4.79 Å². The van der Waals surface area contributed by atoms with Crippen molar-refractivity contribution in [1.29, 1.82) is 0 Å². The van der Waals surface area contributed by atoms with Gasteiger partial charge in [0.25, 0.3) is 0 Å². The first-order chi connectivity index (χ1) is 5.13. The summed E-state index contributed by atoms with van der Waals surface area (Å²) in [6.45, 7) is 6.80. The number of amides is 1. The minimum atomic E-state index is 0.169. The SMILES string of the molecule is C=C/C(Cl)=C(/NC=O)C(=C)Cl. The number of carbonyl (C=O) groups is 1. The Kier molecular flexibility index (Phi) is 4.66. The quantitative estimate of drug-likeness (QED) is 0.536. The Morgan fingerprint density at radius 3 is 2.27 bits per heavy atom. The third-order valence-corrected chi connectivity index (χ3v) is 1.42. The number of hydrogen-bond donors (Lipinski definition) is 1. The fourth-order valence-corrected chi connectivity index (χ4v) is 0.811. The van der Waals surface area contributed by atoms with Gasteiger partial charge in [0.15, 0.2) is 0 Å². The average molecular weight is 192 g/mol. The highest BCUT2D eigenvalue weighted by atomic mass is 35.5. The van der Waals surface area contributed by atoms with Crippen molar-refractivity contribution in [2.45, 2.75) is 0 Å². The van der Waals surface area contributed by atoms with Gasteiger partial charge in [-0.3, -0.25) is 4.79 Å². The maximum atomic E-state index is 10.0. The number of allylic oxidation sites excluding steroid dienone is 3. The van der Waals surface area contributed by atoms with Crippen LogP contribution < -0.4 is 5.32 Å². The van der Waals surface area contributed by atoms with E-state index in [1.165, 1.54) is 6.08 Å². The molecule has 0 spiro atoms. The highest BCUT2D eigenvalue weighted by Crippen LogP contribution is 2.17. The zero-order chi connectivity index (χ0) is 8.85. The van der Waals surface area contributed by atoms with Gasteiger partial charge in [-0.1, -0.05) is 36.4 Å². The van der Waals surface area contributed by atoms with Crippen molar-refractivity contribution in [3.8, 4) is 0 Å². The lowest BCUT2D eigenvalue weighted by Crippen LogP contribution is -2.11. The molecular formula is C7H7Cl2NO. The van der Waals surface area contributed by atoms with E-state index in [-0.39, 0.29) is 15.8 Å². The summed E-state index contributed by atoms with van der Waals surface area (Å²) < 4.78 is 0. The van der Waals surface area contributed by atoms with E-state index in [9.17, 15) is 4.79 Å². The molecule has 0 aromatic heterocycles. The third kappa shape index (κ3) is 3.25. The molecule has 0 heterocycles. The van der Waals surface area contributed by atoms with E-state index in [0.717, 1.165) is 0 Å². The Hall–Kier alpha value is -0.730. The number of rotatable bonds is 4. The van der Waals surface area contributed by atoms with Gasteiger partial charge in [-0.2, -0.15) is 0 Å². The fourth-order valence-electron chi connectivity index (χ4n) is 0.438. The number of halogens is 2. The van der Waals surface area contributed by atoms with Crippen LogP contribution in [0.4, 0.5) is 0 Å². The van der Waals surface area contributed by atoms with Crippen LogP contribution >= 0.6 is 23.2 Å². The minimum absolute atomic E-state index is 0.169. The largest absolute Gasteiger partial charge is 0.326 e. The zero-order valence-corrected chi connectivity index (χ0v) is 7.24. The van der Waals surface area contributed by atoms with Gasteiger partial charge in [0, 0.05) is 0 Å². The summed E-state index contributed by atoms with van der Waals surface area (Å²) >= 11 is 11.1. The molecular weight excluding hydrogens is 185 g/mol. The molecule has 0 atom stereocenters. The van der Waals surface area contributed by atoms with Crippen LogP contribution in [0.5, 0.6) is 0 Å². The summed E-state index contributed by atoms with van der Waals surface area (Å²) in [6.07, 6.45) is 1.83. The van der Waals surface area contributed by atoms with Gasteiger partial charge in [0.05, 0.1) is 15.8 Å². The lowest BCUT2D eigenvalue weighted by molar-refractivity contribution is -0.108. The molecule has 1 N–H and O–H groups in total. The number of hydrogen-bond acceptors (Lipinski definition) is 1. The molecule has 0 bridgehead atoms. The van der Waals surface area contributed by atoms with Gasteiger partial charge >= 0.3 is 0 Å².